The summed E-state index contributed by atoms with van der Waals surface area (Å²) in [5, 5.41) is 8.41. The van der Waals surface area contributed by atoms with Gasteiger partial charge in [0.15, 0.2) is 18.6 Å². The second-order valence-corrected chi connectivity index (χ2v) is 23.6. The summed E-state index contributed by atoms with van der Waals surface area (Å²) >= 11 is 0. The highest BCUT2D eigenvalue weighted by atomic mass is 29.7. The molecular formula is H8O4Si4. The van der Waals surface area contributed by atoms with Gasteiger partial charge in [-0.3, -0.25) is 9.15 Å². The fourth-order valence-electron chi connectivity index (χ4n) is 0.429. The van der Waals surface area contributed by atoms with E-state index in [4.69, 9.17) is 0 Å². The Bertz CT molecular complexity index is 32.0. The fourth-order valence-corrected chi connectivity index (χ4v) is 20.4. The molecule has 0 aromatic carbocycles. The Balaban J connectivity index is 2.00. The Kier molecular flexibility index (Phi) is 3.90. The number of rotatable bonds is 0. The smallest absolute Gasteiger partial charge is 0.190 e. The molecule has 0 aliphatic carbocycles. The summed E-state index contributed by atoms with van der Waals surface area (Å²) < 4.78 is 9.37. The van der Waals surface area contributed by atoms with E-state index in [2.05, 4.69) is 19.2 Å². The van der Waals surface area contributed by atoms with Crippen molar-refractivity contribution in [2.24, 2.45) is 0 Å². The van der Waals surface area contributed by atoms with Crippen LogP contribution in [0.15, 0.2) is 0 Å². The zero-order chi connectivity index (χ0) is 5.66. The summed E-state index contributed by atoms with van der Waals surface area (Å²) in [6, 6.07) is 0. The van der Waals surface area contributed by atoms with E-state index in [1.807, 2.05) is 0 Å². The Labute approximate surface area is 55.5 Å². The van der Waals surface area contributed by atoms with E-state index in [-0.39, 0.29) is 35.7 Å². The zero-order valence-electron chi connectivity index (χ0n) is 4.46. The van der Waals surface area contributed by atoms with Crippen molar-refractivity contribution in [3.05, 3.63) is 0 Å². The molecule has 1 saturated heterocycles. The average molecular weight is 184 g/mol. The predicted molar refractivity (Wildman–Crippen MR) is 38.5 cm³/mol. The lowest BCUT2D eigenvalue weighted by Gasteiger charge is -2.04. The van der Waals surface area contributed by atoms with Crippen molar-refractivity contribution in [3.63, 3.8) is 0 Å². The van der Waals surface area contributed by atoms with Gasteiger partial charge in [0.1, 0.15) is 0 Å². The maximum absolute atomic E-state index is 4.68. The van der Waals surface area contributed by atoms with Crippen LogP contribution in [0.4, 0.5) is 0 Å². The molecule has 0 amide bonds. The molecule has 0 radical (unpaired) electrons. The molecule has 0 aromatic rings. The molecule has 1 aliphatic rings. The van der Waals surface area contributed by atoms with E-state index in [0.29, 0.717) is 0 Å². The van der Waals surface area contributed by atoms with Crippen LogP contribution in [0.5, 0.6) is 0 Å². The van der Waals surface area contributed by atoms with Gasteiger partial charge in [0, 0.05) is 17.1 Å². The SMILES string of the molecule is O1OO[SiH2][SiH2][SiH2][SiH2]O1. The molecule has 0 aromatic heterocycles. The molecule has 1 aliphatic heterocycles. The van der Waals surface area contributed by atoms with Gasteiger partial charge in [0.2, 0.25) is 0 Å². The summed E-state index contributed by atoms with van der Waals surface area (Å²) in [7, 11) is -0.00302. The van der Waals surface area contributed by atoms with E-state index >= 15 is 0 Å². The monoisotopic (exact) mass is 184 g/mol. The first kappa shape index (κ1) is 6.82. The average Bonchev–Trinajstić information content (AvgIpc) is 1.62. The zero-order valence-corrected chi connectivity index (χ0v) is 10.1. The van der Waals surface area contributed by atoms with Gasteiger partial charge in [-0.25, -0.2) is 0 Å². The van der Waals surface area contributed by atoms with Crippen LogP contribution in [0.1, 0.15) is 0 Å². The highest BCUT2D eigenvalue weighted by Gasteiger charge is 2.00. The van der Waals surface area contributed by atoms with Crippen molar-refractivity contribution in [2.75, 3.05) is 0 Å². The largest absolute Gasteiger partial charge is 0.267 e. The minimum absolute atomic E-state index is 0.239. The van der Waals surface area contributed by atoms with Crippen molar-refractivity contribution in [3.8, 4) is 0 Å². The van der Waals surface area contributed by atoms with Crippen LogP contribution >= 0.6 is 0 Å². The normalized spacial score (nSPS) is 36.0. The first-order chi connectivity index (χ1) is 4.00. The van der Waals surface area contributed by atoms with Gasteiger partial charge >= 0.3 is 0 Å². The number of hydrogen-bond donors (Lipinski definition) is 0. The molecule has 1 rings (SSSR count). The quantitative estimate of drug-likeness (QED) is 0.285. The van der Waals surface area contributed by atoms with Gasteiger partial charge in [-0.1, -0.05) is 10.1 Å². The maximum Gasteiger partial charge on any atom is 0.190 e. The van der Waals surface area contributed by atoms with E-state index in [9.17, 15) is 0 Å². The van der Waals surface area contributed by atoms with E-state index in [1.165, 1.54) is 0 Å². The second-order valence-electron chi connectivity index (χ2n) is 1.49. The molecule has 0 bridgehead atoms. The predicted octanol–water partition coefficient (Wildman–Crippen LogP) is -3.94. The van der Waals surface area contributed by atoms with Crippen LogP contribution in [0.2, 0.25) is 0 Å². The lowest BCUT2D eigenvalue weighted by molar-refractivity contribution is -0.580. The van der Waals surface area contributed by atoms with Crippen molar-refractivity contribution in [1.82, 2.24) is 0 Å². The molecule has 1 fully saturated rings. The fraction of sp³-hybridized carbons (Fsp3) is 0. The van der Waals surface area contributed by atoms with E-state index < -0.39 is 0 Å². The molecule has 4 nitrogen and oxygen atoms in total. The Morgan fingerprint density at radius 3 is 1.75 bits per heavy atom. The van der Waals surface area contributed by atoms with Gasteiger partial charge in [-0.15, -0.1) is 0 Å². The minimum atomic E-state index is -0.240. The molecule has 0 spiro atoms. The minimum Gasteiger partial charge on any atom is -0.267 e. The van der Waals surface area contributed by atoms with Crippen LogP contribution < -0.4 is 0 Å². The van der Waals surface area contributed by atoms with E-state index in [1.54, 1.807) is 0 Å². The molecule has 0 N–H and O–H groups in total. The molecule has 0 unspecified atom stereocenters. The van der Waals surface area contributed by atoms with Crippen LogP contribution in [0.25, 0.3) is 0 Å². The maximum atomic E-state index is 4.68. The van der Waals surface area contributed by atoms with Crippen LogP contribution in [-0.4, -0.2) is 35.7 Å². The van der Waals surface area contributed by atoms with Crippen molar-refractivity contribution >= 4 is 35.7 Å². The standard InChI is InChI=1S/H8O4Si4/c1-2-4-6-8-7-5-3-1/h5-8H2. The molecule has 1 heterocycles. The highest BCUT2D eigenvalue weighted by Crippen LogP contribution is 1.81. The van der Waals surface area contributed by atoms with Crippen LogP contribution in [0, 0.1) is 0 Å². The topological polar surface area (TPSA) is 36.9 Å². The molecule has 0 atom stereocenters. The lowest BCUT2D eigenvalue weighted by Crippen LogP contribution is -2.26. The summed E-state index contributed by atoms with van der Waals surface area (Å²) in [6.07, 6.45) is 0. The highest BCUT2D eigenvalue weighted by molar-refractivity contribution is 7.42. The summed E-state index contributed by atoms with van der Waals surface area (Å²) in [6.45, 7) is 0. The summed E-state index contributed by atoms with van der Waals surface area (Å²) in [5.74, 6) is 0. The van der Waals surface area contributed by atoms with Gasteiger partial charge in [0.25, 0.3) is 0 Å². The molecule has 8 heavy (non-hydrogen) atoms. The van der Waals surface area contributed by atoms with Crippen LogP contribution in [-0.2, 0) is 19.2 Å². The Morgan fingerprint density at radius 2 is 1.25 bits per heavy atom. The van der Waals surface area contributed by atoms with Gasteiger partial charge in [-0.2, -0.15) is 0 Å². The summed E-state index contributed by atoms with van der Waals surface area (Å²) in [4.78, 5) is 0. The third kappa shape index (κ3) is 2.88. The van der Waals surface area contributed by atoms with Gasteiger partial charge < -0.3 is 0 Å². The summed E-state index contributed by atoms with van der Waals surface area (Å²) in [5.41, 5.74) is 0. The van der Waals surface area contributed by atoms with Crippen molar-refractivity contribution in [1.29, 1.82) is 0 Å². The Morgan fingerprint density at radius 1 is 0.750 bits per heavy atom. The molecule has 48 valence electrons. The first-order valence-corrected chi connectivity index (χ1v) is 15.7. The molecule has 0 saturated carbocycles. The Hall–Kier alpha value is 0.708. The van der Waals surface area contributed by atoms with Gasteiger partial charge in [-0.05, 0) is 0 Å². The van der Waals surface area contributed by atoms with E-state index in [0.717, 1.165) is 0 Å². The van der Waals surface area contributed by atoms with Crippen molar-refractivity contribution in [2.45, 2.75) is 0 Å². The number of hydrogen-bond acceptors (Lipinski definition) is 4. The molecular weight excluding hydrogens is 176 g/mol. The first-order valence-electron chi connectivity index (χ1n) is 2.58. The third-order valence-electron chi connectivity index (χ3n) is 0.829. The lowest BCUT2D eigenvalue weighted by atomic mass is 14.4. The second kappa shape index (κ2) is 4.57. The van der Waals surface area contributed by atoms with Gasteiger partial charge in [0.05, 0.1) is 0 Å². The van der Waals surface area contributed by atoms with Crippen LogP contribution in [0.3, 0.4) is 0 Å². The third-order valence-corrected chi connectivity index (χ3v) is 29.9. The molecule has 8 heteroatoms. The van der Waals surface area contributed by atoms with Crippen molar-refractivity contribution < 1.29 is 19.2 Å².